The number of urea groups is 1. The Morgan fingerprint density at radius 2 is 2.30 bits per heavy atom. The first kappa shape index (κ1) is 16.9. The Morgan fingerprint density at radius 1 is 1.48 bits per heavy atom. The van der Waals surface area contributed by atoms with Gasteiger partial charge in [-0.05, 0) is 12.1 Å². The van der Waals surface area contributed by atoms with Crippen molar-refractivity contribution in [1.82, 2.24) is 25.3 Å². The highest BCUT2D eigenvalue weighted by atomic mass is 16.5. The Balaban J connectivity index is 1.98. The molecule has 0 aliphatic heterocycles. The lowest BCUT2D eigenvalue weighted by Crippen LogP contribution is -2.41. The molecule has 2 amide bonds. The molecule has 0 fully saturated rings. The van der Waals surface area contributed by atoms with Crippen LogP contribution in [0.2, 0.25) is 0 Å². The largest absolute Gasteiger partial charge is 0.382 e. The highest BCUT2D eigenvalue weighted by Gasteiger charge is 2.22. The summed E-state index contributed by atoms with van der Waals surface area (Å²) in [7, 11) is 3.29. The molecule has 2 heterocycles. The van der Waals surface area contributed by atoms with E-state index >= 15 is 0 Å². The quantitative estimate of drug-likeness (QED) is 0.832. The molecule has 2 aromatic heterocycles. The van der Waals surface area contributed by atoms with Crippen molar-refractivity contribution in [3.8, 4) is 0 Å². The summed E-state index contributed by atoms with van der Waals surface area (Å²) in [4.78, 5) is 22.3. The summed E-state index contributed by atoms with van der Waals surface area (Å²) in [5.74, 6) is 0.998. The van der Waals surface area contributed by atoms with Gasteiger partial charge in [0.1, 0.15) is 0 Å². The summed E-state index contributed by atoms with van der Waals surface area (Å²) >= 11 is 0. The Kier molecular flexibility index (Phi) is 6.04. The number of pyridine rings is 1. The summed E-state index contributed by atoms with van der Waals surface area (Å²) in [5.41, 5.74) is 0.764. The zero-order valence-corrected chi connectivity index (χ0v) is 13.5. The first-order chi connectivity index (χ1) is 11.2. The molecular weight excluding hydrogens is 298 g/mol. The minimum atomic E-state index is -0.280. The van der Waals surface area contributed by atoms with Gasteiger partial charge in [-0.25, -0.2) is 4.79 Å². The van der Waals surface area contributed by atoms with Crippen LogP contribution >= 0.6 is 0 Å². The van der Waals surface area contributed by atoms with Gasteiger partial charge in [-0.2, -0.15) is 4.98 Å². The van der Waals surface area contributed by atoms with Crippen LogP contribution < -0.4 is 5.32 Å². The van der Waals surface area contributed by atoms with Crippen LogP contribution in [-0.2, 0) is 17.7 Å². The van der Waals surface area contributed by atoms with Crippen molar-refractivity contribution in [2.24, 2.45) is 0 Å². The van der Waals surface area contributed by atoms with Crippen LogP contribution in [-0.4, -0.2) is 46.8 Å². The molecule has 23 heavy (non-hydrogen) atoms. The molecule has 0 unspecified atom stereocenters. The number of carbonyl (C=O) groups is 1. The van der Waals surface area contributed by atoms with E-state index < -0.39 is 0 Å². The van der Waals surface area contributed by atoms with Gasteiger partial charge in [-0.3, -0.25) is 4.98 Å². The highest BCUT2D eigenvalue weighted by Crippen LogP contribution is 2.17. The maximum atomic E-state index is 12.3. The average Bonchev–Trinajstić information content (AvgIpc) is 3.06. The van der Waals surface area contributed by atoms with Crippen molar-refractivity contribution >= 4 is 6.03 Å². The molecule has 0 aliphatic carbocycles. The molecule has 8 nitrogen and oxygen atoms in total. The fraction of sp³-hybridized carbons (Fsp3) is 0.467. The molecule has 0 bridgehead atoms. The number of hydrogen-bond donors (Lipinski definition) is 1. The minimum absolute atomic E-state index is 0.203. The van der Waals surface area contributed by atoms with Gasteiger partial charge in [0, 0.05) is 26.8 Å². The fourth-order valence-electron chi connectivity index (χ4n) is 2.05. The van der Waals surface area contributed by atoms with Gasteiger partial charge in [-0.1, -0.05) is 18.1 Å². The summed E-state index contributed by atoms with van der Waals surface area (Å²) in [6.45, 7) is 2.48. The van der Waals surface area contributed by atoms with Crippen LogP contribution in [0.5, 0.6) is 0 Å². The predicted molar refractivity (Wildman–Crippen MR) is 82.5 cm³/mol. The molecule has 0 aromatic carbocycles. The van der Waals surface area contributed by atoms with E-state index in [1.165, 1.54) is 0 Å². The summed E-state index contributed by atoms with van der Waals surface area (Å²) in [5, 5.41) is 6.56. The minimum Gasteiger partial charge on any atom is -0.382 e. The molecule has 1 atom stereocenters. The summed E-state index contributed by atoms with van der Waals surface area (Å²) in [6.07, 6.45) is 2.35. The fourth-order valence-corrected chi connectivity index (χ4v) is 2.05. The van der Waals surface area contributed by atoms with Gasteiger partial charge >= 0.3 is 6.03 Å². The number of ether oxygens (including phenoxy) is 1. The molecule has 8 heteroatoms. The van der Waals surface area contributed by atoms with E-state index in [1.807, 2.05) is 25.1 Å². The predicted octanol–water partition coefficient (Wildman–Crippen LogP) is 1.56. The van der Waals surface area contributed by atoms with Crippen molar-refractivity contribution in [1.29, 1.82) is 0 Å². The van der Waals surface area contributed by atoms with E-state index in [0.29, 0.717) is 24.7 Å². The molecule has 0 saturated heterocycles. The third kappa shape index (κ3) is 4.49. The molecule has 124 valence electrons. The second-order valence-corrected chi connectivity index (χ2v) is 4.95. The number of carbonyl (C=O) groups excluding carboxylic acids is 1. The average molecular weight is 319 g/mol. The zero-order chi connectivity index (χ0) is 16.7. The SMILES string of the molecule is CCc1nc(CNC(=O)N(C)[C@@H](COC)c2ccccn2)no1. The monoisotopic (exact) mass is 319 g/mol. The molecule has 2 aromatic rings. The number of nitrogens with one attached hydrogen (secondary N) is 1. The van der Waals surface area contributed by atoms with Gasteiger partial charge in [0.15, 0.2) is 5.82 Å². The van der Waals surface area contributed by atoms with Gasteiger partial charge in [0.25, 0.3) is 0 Å². The Hall–Kier alpha value is -2.48. The number of amides is 2. The van der Waals surface area contributed by atoms with E-state index in [4.69, 9.17) is 9.26 Å². The highest BCUT2D eigenvalue weighted by molar-refractivity contribution is 5.74. The van der Waals surface area contributed by atoms with Crippen molar-refractivity contribution in [2.45, 2.75) is 25.9 Å². The number of nitrogens with zero attached hydrogens (tertiary/aromatic N) is 4. The topological polar surface area (TPSA) is 93.4 Å². The molecule has 0 spiro atoms. The van der Waals surface area contributed by atoms with Crippen molar-refractivity contribution < 1.29 is 14.1 Å². The van der Waals surface area contributed by atoms with Crippen LogP contribution in [0.15, 0.2) is 28.9 Å². The number of methoxy groups -OCH3 is 1. The lowest BCUT2D eigenvalue weighted by Gasteiger charge is -2.27. The smallest absolute Gasteiger partial charge is 0.318 e. The van der Waals surface area contributed by atoms with Gasteiger partial charge < -0.3 is 19.5 Å². The molecule has 0 saturated carbocycles. The molecular formula is C15H21N5O3. The summed E-state index contributed by atoms with van der Waals surface area (Å²) < 4.78 is 10.2. The molecule has 0 radical (unpaired) electrons. The lowest BCUT2D eigenvalue weighted by atomic mass is 10.2. The van der Waals surface area contributed by atoms with E-state index in [2.05, 4.69) is 20.4 Å². The van der Waals surface area contributed by atoms with Gasteiger partial charge in [-0.15, -0.1) is 0 Å². The van der Waals surface area contributed by atoms with Crippen LogP contribution in [0.1, 0.15) is 30.4 Å². The van der Waals surface area contributed by atoms with E-state index in [-0.39, 0.29) is 18.6 Å². The number of likely N-dealkylation sites (N-methyl/N-ethyl adjacent to an activating group) is 1. The first-order valence-corrected chi connectivity index (χ1v) is 7.37. The van der Waals surface area contributed by atoms with Crippen LogP contribution in [0.3, 0.4) is 0 Å². The molecule has 1 N–H and O–H groups in total. The van der Waals surface area contributed by atoms with Crippen LogP contribution in [0.4, 0.5) is 4.79 Å². The molecule has 0 aliphatic rings. The number of hydrogen-bond acceptors (Lipinski definition) is 6. The molecule has 2 rings (SSSR count). The third-order valence-electron chi connectivity index (χ3n) is 3.35. The van der Waals surface area contributed by atoms with Crippen molar-refractivity contribution in [3.63, 3.8) is 0 Å². The Labute approximate surface area is 134 Å². The van der Waals surface area contributed by atoms with Crippen molar-refractivity contribution in [3.05, 3.63) is 41.8 Å². The maximum absolute atomic E-state index is 12.3. The second-order valence-electron chi connectivity index (χ2n) is 4.95. The van der Waals surface area contributed by atoms with Crippen LogP contribution in [0, 0.1) is 0 Å². The number of aromatic nitrogens is 3. The second kappa shape index (κ2) is 8.23. The van der Waals surface area contributed by atoms with Gasteiger partial charge in [0.2, 0.25) is 5.89 Å². The van der Waals surface area contributed by atoms with Gasteiger partial charge in [0.05, 0.1) is 24.9 Å². The van der Waals surface area contributed by atoms with E-state index in [0.717, 1.165) is 5.69 Å². The standard InChI is InChI=1S/C15H21N5O3/c1-4-14-18-13(19-23-14)9-17-15(21)20(2)12(10-22-3)11-7-5-6-8-16-11/h5-8,12H,4,9-10H2,1-3H3,(H,17,21)/t12-/m0/s1. The number of aryl methyl sites for hydroxylation is 1. The summed E-state index contributed by atoms with van der Waals surface area (Å²) in [6, 6.07) is 5.02. The third-order valence-corrected chi connectivity index (χ3v) is 3.35. The van der Waals surface area contributed by atoms with E-state index in [1.54, 1.807) is 25.3 Å². The Bertz CT molecular complexity index is 617. The van der Waals surface area contributed by atoms with E-state index in [9.17, 15) is 4.79 Å². The van der Waals surface area contributed by atoms with Crippen LogP contribution in [0.25, 0.3) is 0 Å². The Morgan fingerprint density at radius 3 is 2.91 bits per heavy atom. The van der Waals surface area contributed by atoms with Crippen molar-refractivity contribution in [2.75, 3.05) is 20.8 Å². The normalized spacial score (nSPS) is 12.0. The maximum Gasteiger partial charge on any atom is 0.318 e. The first-order valence-electron chi connectivity index (χ1n) is 7.37. The number of rotatable bonds is 7. The zero-order valence-electron chi connectivity index (χ0n) is 13.5. The lowest BCUT2D eigenvalue weighted by molar-refractivity contribution is 0.114.